The van der Waals surface area contributed by atoms with Gasteiger partial charge in [0, 0.05) is 17.3 Å². The van der Waals surface area contributed by atoms with Gasteiger partial charge in [-0.2, -0.15) is 0 Å². The molecule has 0 aliphatic rings. The molecule has 0 aliphatic carbocycles. The molecule has 0 saturated heterocycles. The van der Waals surface area contributed by atoms with Gasteiger partial charge in [-0.05, 0) is 99.2 Å². The maximum atomic E-state index is 12.5. The van der Waals surface area contributed by atoms with Crippen LogP contribution in [0.25, 0.3) is 11.3 Å². The third-order valence-corrected chi connectivity index (χ3v) is 5.57. The van der Waals surface area contributed by atoms with E-state index in [-0.39, 0.29) is 5.97 Å². The minimum atomic E-state index is -0.424. The number of carbonyl (C=O) groups excluding carboxylic acids is 2. The van der Waals surface area contributed by atoms with Gasteiger partial charge in [0.2, 0.25) is 0 Å². The molecule has 0 saturated carbocycles. The average molecular weight is 488 g/mol. The fourth-order valence-corrected chi connectivity index (χ4v) is 3.39. The van der Waals surface area contributed by atoms with Crippen LogP contribution >= 0.6 is 0 Å². The molecule has 1 aromatic heterocycles. The monoisotopic (exact) mass is 487 g/mol. The summed E-state index contributed by atoms with van der Waals surface area (Å²) in [6, 6.07) is 18.3. The van der Waals surface area contributed by atoms with Crippen molar-refractivity contribution in [1.82, 2.24) is 4.98 Å². The number of hydrogen-bond donors (Lipinski definition) is 0. The van der Waals surface area contributed by atoms with Gasteiger partial charge >= 0.3 is 11.9 Å². The van der Waals surface area contributed by atoms with Crippen molar-refractivity contribution in [2.45, 2.75) is 46.0 Å². The number of benzene rings is 2. The Morgan fingerprint density at radius 1 is 0.833 bits per heavy atom. The molecule has 188 valence electrons. The molecule has 6 nitrogen and oxygen atoms in total. The number of nitrogens with zero attached hydrogens (tertiary/aromatic N) is 1. The molecule has 0 amide bonds. The number of unbranched alkanes of at least 4 members (excludes halogenated alkanes) is 3. The summed E-state index contributed by atoms with van der Waals surface area (Å²) in [6.45, 7) is 8.29. The Morgan fingerprint density at radius 3 is 2.11 bits per heavy atom. The average Bonchev–Trinajstić information content (AvgIpc) is 2.90. The first-order valence-electron chi connectivity index (χ1n) is 12.3. The van der Waals surface area contributed by atoms with Gasteiger partial charge in [-0.15, -0.1) is 0 Å². The van der Waals surface area contributed by atoms with Gasteiger partial charge in [-0.25, -0.2) is 9.59 Å². The van der Waals surface area contributed by atoms with Crippen molar-refractivity contribution < 1.29 is 23.8 Å². The van der Waals surface area contributed by atoms with Crippen LogP contribution < -0.4 is 9.47 Å². The Balaban J connectivity index is 1.37. The molecular formula is C30H33NO5. The van der Waals surface area contributed by atoms with E-state index in [1.165, 1.54) is 5.56 Å². The van der Waals surface area contributed by atoms with E-state index >= 15 is 0 Å². The van der Waals surface area contributed by atoms with Crippen LogP contribution in [0.5, 0.6) is 11.5 Å². The molecular weight excluding hydrogens is 454 g/mol. The molecule has 0 N–H and O–H groups in total. The highest BCUT2D eigenvalue weighted by molar-refractivity contribution is 5.91. The molecule has 36 heavy (non-hydrogen) atoms. The smallest absolute Gasteiger partial charge is 0.343 e. The van der Waals surface area contributed by atoms with Crippen LogP contribution in [0.3, 0.4) is 0 Å². The SMILES string of the molecule is C=C(C)C(=O)OCCCCCCOc1ccc(C(=O)Oc2ccc(-c3ccc(CC)cn3)cc2)cc1. The molecule has 0 spiro atoms. The molecule has 2 aromatic carbocycles. The van der Waals surface area contributed by atoms with Crippen LogP contribution in [0, 0.1) is 0 Å². The lowest BCUT2D eigenvalue weighted by Crippen LogP contribution is -2.08. The number of pyridine rings is 1. The zero-order valence-electron chi connectivity index (χ0n) is 21.0. The van der Waals surface area contributed by atoms with Gasteiger partial charge in [0.1, 0.15) is 11.5 Å². The first-order chi connectivity index (χ1) is 17.5. The predicted molar refractivity (Wildman–Crippen MR) is 140 cm³/mol. The third-order valence-electron chi connectivity index (χ3n) is 5.57. The standard InChI is InChI=1S/C30H33NO5/c1-4-23-9-18-28(31-21-23)24-10-16-27(17-11-24)36-30(33)25-12-14-26(15-13-25)34-19-7-5-6-8-20-35-29(32)22(2)3/h9-18,21H,2,4-8,19-20H2,1,3H3. The van der Waals surface area contributed by atoms with E-state index in [1.54, 1.807) is 43.3 Å². The van der Waals surface area contributed by atoms with E-state index in [2.05, 4.69) is 24.6 Å². The van der Waals surface area contributed by atoms with Crippen molar-refractivity contribution in [2.75, 3.05) is 13.2 Å². The van der Waals surface area contributed by atoms with Crippen molar-refractivity contribution in [3.8, 4) is 22.8 Å². The summed E-state index contributed by atoms with van der Waals surface area (Å²) in [5.41, 5.74) is 3.90. The van der Waals surface area contributed by atoms with Crippen molar-refractivity contribution in [2.24, 2.45) is 0 Å². The van der Waals surface area contributed by atoms with Gasteiger partial charge in [-0.1, -0.05) is 19.6 Å². The fourth-order valence-electron chi connectivity index (χ4n) is 3.39. The third kappa shape index (κ3) is 8.38. The summed E-state index contributed by atoms with van der Waals surface area (Å²) >= 11 is 0. The molecule has 0 unspecified atom stereocenters. The van der Waals surface area contributed by atoms with E-state index in [0.717, 1.165) is 43.4 Å². The number of rotatable bonds is 13. The summed E-state index contributed by atoms with van der Waals surface area (Å²) in [7, 11) is 0. The molecule has 0 bridgehead atoms. The maximum absolute atomic E-state index is 12.5. The molecule has 3 rings (SSSR count). The first kappa shape index (κ1) is 26.7. The van der Waals surface area contributed by atoms with E-state index < -0.39 is 5.97 Å². The predicted octanol–water partition coefficient (Wildman–Crippen LogP) is 6.59. The second-order valence-electron chi connectivity index (χ2n) is 8.52. The van der Waals surface area contributed by atoms with Crippen LogP contribution in [-0.2, 0) is 16.0 Å². The maximum Gasteiger partial charge on any atom is 0.343 e. The van der Waals surface area contributed by atoms with E-state index in [9.17, 15) is 9.59 Å². The highest BCUT2D eigenvalue weighted by Crippen LogP contribution is 2.22. The first-order valence-corrected chi connectivity index (χ1v) is 12.3. The topological polar surface area (TPSA) is 74.7 Å². The van der Waals surface area contributed by atoms with Crippen LogP contribution in [0.4, 0.5) is 0 Å². The van der Waals surface area contributed by atoms with Crippen LogP contribution in [0.1, 0.15) is 55.5 Å². The lowest BCUT2D eigenvalue weighted by Gasteiger charge is -2.08. The molecule has 1 heterocycles. The van der Waals surface area contributed by atoms with Crippen LogP contribution in [0.2, 0.25) is 0 Å². The minimum absolute atomic E-state index is 0.338. The van der Waals surface area contributed by atoms with Crippen molar-refractivity contribution in [3.63, 3.8) is 0 Å². The van der Waals surface area contributed by atoms with Crippen molar-refractivity contribution >= 4 is 11.9 Å². The van der Waals surface area contributed by atoms with E-state index in [1.807, 2.05) is 24.4 Å². The number of aryl methyl sites for hydroxylation is 1. The molecule has 3 aromatic rings. The van der Waals surface area contributed by atoms with Gasteiger partial charge < -0.3 is 14.2 Å². The lowest BCUT2D eigenvalue weighted by molar-refractivity contribution is -0.139. The van der Waals surface area contributed by atoms with Gasteiger partial charge in [-0.3, -0.25) is 4.98 Å². The Bertz CT molecular complexity index is 1140. The molecule has 0 atom stereocenters. The Hall–Kier alpha value is -3.93. The second-order valence-corrected chi connectivity index (χ2v) is 8.52. The van der Waals surface area contributed by atoms with E-state index in [4.69, 9.17) is 14.2 Å². The number of esters is 2. The minimum Gasteiger partial charge on any atom is -0.494 e. The van der Waals surface area contributed by atoms with Crippen molar-refractivity contribution in [3.05, 3.63) is 90.1 Å². The van der Waals surface area contributed by atoms with Crippen LogP contribution in [-0.4, -0.2) is 30.1 Å². The zero-order chi connectivity index (χ0) is 25.8. The Kier molecular flexibility index (Phi) is 10.2. The molecule has 0 aliphatic heterocycles. The highest BCUT2D eigenvalue weighted by atomic mass is 16.5. The van der Waals surface area contributed by atoms with Crippen molar-refractivity contribution in [1.29, 1.82) is 0 Å². The number of hydrogen-bond acceptors (Lipinski definition) is 6. The van der Waals surface area contributed by atoms with Gasteiger partial charge in [0.25, 0.3) is 0 Å². The summed E-state index contributed by atoms with van der Waals surface area (Å²) in [5.74, 6) is 0.415. The molecule has 6 heteroatoms. The van der Waals surface area contributed by atoms with Gasteiger partial charge in [0.15, 0.2) is 0 Å². The Labute approximate surface area is 212 Å². The number of carbonyl (C=O) groups is 2. The number of ether oxygens (including phenoxy) is 3. The van der Waals surface area contributed by atoms with Crippen LogP contribution in [0.15, 0.2) is 79.0 Å². The molecule has 0 fully saturated rings. The lowest BCUT2D eigenvalue weighted by atomic mass is 10.1. The number of aromatic nitrogens is 1. The largest absolute Gasteiger partial charge is 0.494 e. The van der Waals surface area contributed by atoms with E-state index in [0.29, 0.717) is 35.8 Å². The Morgan fingerprint density at radius 2 is 1.50 bits per heavy atom. The summed E-state index contributed by atoms with van der Waals surface area (Å²) < 4.78 is 16.3. The summed E-state index contributed by atoms with van der Waals surface area (Å²) in [6.07, 6.45) is 6.49. The summed E-state index contributed by atoms with van der Waals surface area (Å²) in [5, 5.41) is 0. The zero-order valence-corrected chi connectivity index (χ0v) is 21.0. The van der Waals surface area contributed by atoms with Gasteiger partial charge in [0.05, 0.1) is 24.5 Å². The normalized spacial score (nSPS) is 10.5. The fraction of sp³-hybridized carbons (Fsp3) is 0.300. The second kappa shape index (κ2) is 13.8. The quantitative estimate of drug-likeness (QED) is 0.117. The molecule has 0 radical (unpaired) electrons. The summed E-state index contributed by atoms with van der Waals surface area (Å²) in [4.78, 5) is 28.3. The highest BCUT2D eigenvalue weighted by Gasteiger charge is 2.10.